The van der Waals surface area contributed by atoms with Gasteiger partial charge in [0.25, 0.3) is 0 Å². The van der Waals surface area contributed by atoms with Crippen LogP contribution >= 0.6 is 0 Å². The number of benzene rings is 1. The lowest BCUT2D eigenvalue weighted by Gasteiger charge is -2.28. The summed E-state index contributed by atoms with van der Waals surface area (Å²) in [6.45, 7) is 0.392. The van der Waals surface area contributed by atoms with Gasteiger partial charge >= 0.3 is 0 Å². The van der Waals surface area contributed by atoms with Gasteiger partial charge in [-0.3, -0.25) is 0 Å². The number of halogens is 2. The molecule has 0 saturated heterocycles. The largest absolute Gasteiger partial charge is 0.380 e. The SMILES string of the molecule is COCc1c(F)cc(C2(CN)CCCC2)cc1F. The molecule has 100 valence electrons. The molecule has 0 atom stereocenters. The predicted octanol–water partition coefficient (Wildman–Crippen LogP) is 2.88. The molecule has 0 aliphatic heterocycles. The van der Waals surface area contributed by atoms with Gasteiger partial charge < -0.3 is 10.5 Å². The fourth-order valence-electron chi connectivity index (χ4n) is 2.85. The highest BCUT2D eigenvalue weighted by Crippen LogP contribution is 2.41. The van der Waals surface area contributed by atoms with Gasteiger partial charge in [-0.05, 0) is 30.5 Å². The minimum Gasteiger partial charge on any atom is -0.380 e. The Hall–Kier alpha value is -1.00. The van der Waals surface area contributed by atoms with E-state index in [9.17, 15) is 8.78 Å². The molecule has 1 fully saturated rings. The molecule has 1 saturated carbocycles. The number of hydrogen-bond acceptors (Lipinski definition) is 2. The third kappa shape index (κ3) is 2.27. The zero-order valence-corrected chi connectivity index (χ0v) is 10.6. The lowest BCUT2D eigenvalue weighted by atomic mass is 9.78. The van der Waals surface area contributed by atoms with Crippen molar-refractivity contribution in [2.75, 3.05) is 13.7 Å². The highest BCUT2D eigenvalue weighted by Gasteiger charge is 2.35. The summed E-state index contributed by atoms with van der Waals surface area (Å²) in [4.78, 5) is 0. The number of rotatable bonds is 4. The Morgan fingerprint density at radius 2 is 1.78 bits per heavy atom. The van der Waals surface area contributed by atoms with E-state index in [1.54, 1.807) is 0 Å². The van der Waals surface area contributed by atoms with Gasteiger partial charge in [0.1, 0.15) is 11.6 Å². The molecule has 0 bridgehead atoms. The molecule has 0 unspecified atom stereocenters. The fourth-order valence-corrected chi connectivity index (χ4v) is 2.85. The quantitative estimate of drug-likeness (QED) is 0.897. The molecular formula is C14H19F2NO. The van der Waals surface area contributed by atoms with Crippen molar-refractivity contribution in [3.63, 3.8) is 0 Å². The van der Waals surface area contributed by atoms with Gasteiger partial charge in [0.2, 0.25) is 0 Å². The van der Waals surface area contributed by atoms with E-state index >= 15 is 0 Å². The van der Waals surface area contributed by atoms with Crippen LogP contribution < -0.4 is 5.73 Å². The van der Waals surface area contributed by atoms with Crippen LogP contribution in [-0.2, 0) is 16.8 Å². The monoisotopic (exact) mass is 255 g/mol. The zero-order chi connectivity index (χ0) is 13.2. The molecule has 0 amide bonds. The van der Waals surface area contributed by atoms with Crippen LogP contribution in [0.3, 0.4) is 0 Å². The molecule has 1 aliphatic rings. The van der Waals surface area contributed by atoms with Gasteiger partial charge in [-0.1, -0.05) is 12.8 Å². The van der Waals surface area contributed by atoms with Crippen LogP contribution in [0.15, 0.2) is 12.1 Å². The van der Waals surface area contributed by atoms with Crippen LogP contribution in [0.25, 0.3) is 0 Å². The molecule has 1 aliphatic carbocycles. The second kappa shape index (κ2) is 5.33. The zero-order valence-electron chi connectivity index (χ0n) is 10.6. The summed E-state index contributed by atoms with van der Waals surface area (Å²) < 4.78 is 32.6. The average molecular weight is 255 g/mol. The number of ether oxygens (including phenoxy) is 1. The Bertz CT molecular complexity index is 405. The Morgan fingerprint density at radius 3 is 2.22 bits per heavy atom. The van der Waals surface area contributed by atoms with Crippen molar-refractivity contribution in [3.05, 3.63) is 34.9 Å². The van der Waals surface area contributed by atoms with Crippen LogP contribution in [0.4, 0.5) is 8.78 Å². The minimum absolute atomic E-state index is 0.00795. The fraction of sp³-hybridized carbons (Fsp3) is 0.571. The summed E-state index contributed by atoms with van der Waals surface area (Å²) in [6.07, 6.45) is 3.96. The van der Waals surface area contributed by atoms with E-state index < -0.39 is 11.6 Å². The molecule has 2 nitrogen and oxygen atoms in total. The second-order valence-electron chi connectivity index (χ2n) is 5.04. The third-order valence-corrected chi connectivity index (χ3v) is 3.99. The molecule has 2 N–H and O–H groups in total. The first kappa shape index (κ1) is 13.4. The van der Waals surface area contributed by atoms with Crippen molar-refractivity contribution in [2.24, 2.45) is 5.73 Å². The molecule has 1 aromatic rings. The summed E-state index contributed by atoms with van der Waals surface area (Å²) in [5.74, 6) is -1.07. The Balaban J connectivity index is 2.40. The second-order valence-corrected chi connectivity index (χ2v) is 5.04. The van der Waals surface area contributed by atoms with Crippen LogP contribution in [0.2, 0.25) is 0 Å². The summed E-state index contributed by atoms with van der Waals surface area (Å²) in [7, 11) is 1.42. The van der Waals surface area contributed by atoms with Gasteiger partial charge in [-0.2, -0.15) is 0 Å². The summed E-state index contributed by atoms with van der Waals surface area (Å²) in [6, 6.07) is 2.85. The van der Waals surface area contributed by atoms with E-state index in [1.807, 2.05) is 0 Å². The van der Waals surface area contributed by atoms with Gasteiger partial charge in [0.05, 0.1) is 6.61 Å². The summed E-state index contributed by atoms with van der Waals surface area (Å²) >= 11 is 0. The summed E-state index contributed by atoms with van der Waals surface area (Å²) in [5, 5.41) is 0. The van der Waals surface area contributed by atoms with Gasteiger partial charge in [-0.15, -0.1) is 0 Å². The van der Waals surface area contributed by atoms with Crippen molar-refractivity contribution in [3.8, 4) is 0 Å². The van der Waals surface area contributed by atoms with Crippen LogP contribution in [0.5, 0.6) is 0 Å². The van der Waals surface area contributed by atoms with Gasteiger partial charge in [0.15, 0.2) is 0 Å². The minimum atomic E-state index is -0.536. The van der Waals surface area contributed by atoms with Crippen LogP contribution in [0.1, 0.15) is 36.8 Å². The number of hydrogen-bond donors (Lipinski definition) is 1. The molecule has 18 heavy (non-hydrogen) atoms. The van der Waals surface area contributed by atoms with Gasteiger partial charge in [-0.25, -0.2) is 8.78 Å². The maximum atomic E-state index is 13.9. The maximum Gasteiger partial charge on any atom is 0.131 e. The molecule has 0 spiro atoms. The molecule has 1 aromatic carbocycles. The predicted molar refractivity (Wildman–Crippen MR) is 66.3 cm³/mol. The van der Waals surface area contributed by atoms with E-state index in [1.165, 1.54) is 19.2 Å². The van der Waals surface area contributed by atoms with E-state index in [-0.39, 0.29) is 17.6 Å². The number of methoxy groups -OCH3 is 1. The Labute approximate surface area is 106 Å². The summed E-state index contributed by atoms with van der Waals surface area (Å²) in [5.41, 5.74) is 6.27. The molecule has 4 heteroatoms. The first-order valence-electron chi connectivity index (χ1n) is 6.30. The average Bonchev–Trinajstić information content (AvgIpc) is 2.83. The molecule has 0 radical (unpaired) electrons. The molecular weight excluding hydrogens is 236 g/mol. The van der Waals surface area contributed by atoms with Crippen molar-refractivity contribution >= 4 is 0 Å². The smallest absolute Gasteiger partial charge is 0.131 e. The highest BCUT2D eigenvalue weighted by atomic mass is 19.1. The van der Waals surface area contributed by atoms with Crippen molar-refractivity contribution < 1.29 is 13.5 Å². The third-order valence-electron chi connectivity index (χ3n) is 3.99. The van der Waals surface area contributed by atoms with Crippen molar-refractivity contribution in [1.29, 1.82) is 0 Å². The standard InChI is InChI=1S/C14H19F2NO/c1-18-8-11-12(15)6-10(7-13(11)16)14(9-17)4-2-3-5-14/h6-7H,2-5,8-9,17H2,1H3. The van der Waals surface area contributed by atoms with E-state index in [2.05, 4.69) is 0 Å². The topological polar surface area (TPSA) is 35.2 Å². The Kier molecular flexibility index (Phi) is 3.97. The van der Waals surface area contributed by atoms with E-state index in [4.69, 9.17) is 10.5 Å². The van der Waals surface area contributed by atoms with Crippen LogP contribution in [-0.4, -0.2) is 13.7 Å². The van der Waals surface area contributed by atoms with E-state index in [0.717, 1.165) is 25.7 Å². The molecule has 2 rings (SSSR count). The first-order chi connectivity index (χ1) is 8.63. The van der Waals surface area contributed by atoms with E-state index in [0.29, 0.717) is 12.1 Å². The lowest BCUT2D eigenvalue weighted by molar-refractivity contribution is 0.177. The number of nitrogens with two attached hydrogens (primary N) is 1. The molecule has 0 heterocycles. The Morgan fingerprint density at radius 1 is 1.22 bits per heavy atom. The normalized spacial score (nSPS) is 18.2. The first-order valence-corrected chi connectivity index (χ1v) is 6.30. The van der Waals surface area contributed by atoms with Crippen molar-refractivity contribution in [2.45, 2.75) is 37.7 Å². The van der Waals surface area contributed by atoms with Crippen molar-refractivity contribution in [1.82, 2.24) is 0 Å². The van der Waals surface area contributed by atoms with Crippen LogP contribution in [0, 0.1) is 11.6 Å². The lowest BCUT2D eigenvalue weighted by Crippen LogP contribution is -2.32. The molecule has 0 aromatic heterocycles. The maximum absolute atomic E-state index is 13.9. The highest BCUT2D eigenvalue weighted by molar-refractivity contribution is 5.33. The van der Waals surface area contributed by atoms with Gasteiger partial charge in [0, 0.05) is 24.6 Å².